The van der Waals surface area contributed by atoms with Crippen molar-refractivity contribution in [2.45, 2.75) is 30.7 Å². The number of nitrogens with zero attached hydrogens (tertiary/aromatic N) is 1. The van der Waals surface area contributed by atoms with Gasteiger partial charge in [-0.15, -0.1) is 0 Å². The number of ether oxygens (including phenoxy) is 2. The average molecular weight is 377 g/mol. The number of para-hydroxylation sites is 1. The first kappa shape index (κ1) is 19.2. The molecule has 5 atom stereocenters. The first-order valence-electron chi connectivity index (χ1n) is 8.23. The highest BCUT2D eigenvalue weighted by atomic mass is 16.7. The first-order valence-corrected chi connectivity index (χ1v) is 8.23. The number of non-ortho nitro benzene ring substituents is 1. The van der Waals surface area contributed by atoms with Gasteiger partial charge >= 0.3 is 0 Å². The normalized spacial score (nSPS) is 27.9. The Morgan fingerprint density at radius 3 is 2.48 bits per heavy atom. The van der Waals surface area contributed by atoms with Gasteiger partial charge in [0.25, 0.3) is 5.69 Å². The van der Waals surface area contributed by atoms with Crippen LogP contribution in [0.5, 0.6) is 5.75 Å². The Bertz CT molecular complexity index is 811. The van der Waals surface area contributed by atoms with E-state index in [4.69, 9.17) is 9.47 Å². The summed E-state index contributed by atoms with van der Waals surface area (Å²) in [5.41, 5.74) is 0.942. The van der Waals surface area contributed by atoms with Crippen LogP contribution in [0, 0.1) is 10.1 Å². The third-order valence-corrected chi connectivity index (χ3v) is 4.35. The molecule has 2 aromatic rings. The second-order valence-corrected chi connectivity index (χ2v) is 6.12. The fraction of sp³-hybridized carbons (Fsp3) is 0.333. The molecule has 1 saturated heterocycles. The van der Waals surface area contributed by atoms with E-state index in [1.807, 2.05) is 0 Å². The number of nitro benzene ring substituents is 1. The van der Waals surface area contributed by atoms with Crippen LogP contribution in [-0.4, -0.2) is 62.7 Å². The van der Waals surface area contributed by atoms with E-state index in [0.717, 1.165) is 0 Å². The Morgan fingerprint density at radius 2 is 1.78 bits per heavy atom. The third-order valence-electron chi connectivity index (χ3n) is 4.35. The van der Waals surface area contributed by atoms with Crippen LogP contribution in [0.1, 0.15) is 0 Å². The highest BCUT2D eigenvalue weighted by molar-refractivity contribution is 5.72. The minimum absolute atomic E-state index is 0.0878. The largest absolute Gasteiger partial charge is 0.461 e. The van der Waals surface area contributed by atoms with Crippen molar-refractivity contribution in [3.63, 3.8) is 0 Å². The zero-order valence-electron chi connectivity index (χ0n) is 14.1. The Morgan fingerprint density at radius 1 is 1.04 bits per heavy atom. The molecule has 1 aliphatic heterocycles. The summed E-state index contributed by atoms with van der Waals surface area (Å²) in [6, 6.07) is 12.6. The van der Waals surface area contributed by atoms with Crippen LogP contribution in [0.2, 0.25) is 0 Å². The van der Waals surface area contributed by atoms with Crippen LogP contribution in [-0.2, 0) is 4.74 Å². The smallest absolute Gasteiger partial charge is 0.270 e. The Labute approximate surface area is 154 Å². The number of hydrogen-bond donors (Lipinski definition) is 4. The molecule has 0 spiro atoms. The molecule has 0 bridgehead atoms. The molecule has 9 heteroatoms. The predicted molar refractivity (Wildman–Crippen MR) is 92.9 cm³/mol. The fourth-order valence-electron chi connectivity index (χ4n) is 2.88. The van der Waals surface area contributed by atoms with E-state index in [0.29, 0.717) is 11.1 Å². The molecule has 2 aromatic carbocycles. The summed E-state index contributed by atoms with van der Waals surface area (Å²) in [5.74, 6) is 0.252. The molecule has 1 heterocycles. The van der Waals surface area contributed by atoms with E-state index in [1.54, 1.807) is 30.3 Å². The van der Waals surface area contributed by atoms with Crippen molar-refractivity contribution in [2.75, 3.05) is 6.61 Å². The topological polar surface area (TPSA) is 143 Å². The van der Waals surface area contributed by atoms with E-state index >= 15 is 0 Å². The van der Waals surface area contributed by atoms with Crippen molar-refractivity contribution in [1.82, 2.24) is 0 Å². The van der Waals surface area contributed by atoms with Gasteiger partial charge in [0, 0.05) is 17.7 Å². The number of aliphatic hydroxyl groups is 4. The molecule has 0 aromatic heterocycles. The summed E-state index contributed by atoms with van der Waals surface area (Å²) >= 11 is 0. The zero-order chi connectivity index (χ0) is 19.6. The maximum absolute atomic E-state index is 11.0. The molecule has 1 aliphatic rings. The summed E-state index contributed by atoms with van der Waals surface area (Å²) in [7, 11) is 0. The molecule has 0 aliphatic carbocycles. The quantitative estimate of drug-likeness (QED) is 0.434. The van der Waals surface area contributed by atoms with Gasteiger partial charge in [0.2, 0.25) is 6.29 Å². The highest BCUT2D eigenvalue weighted by Crippen LogP contribution is 2.34. The number of aliphatic hydroxyl groups excluding tert-OH is 4. The molecular formula is C18H19NO8. The standard InChI is InChI=1S/C18H19NO8/c20-9-14-15(21)16(22)17(23)18(27-14)26-13-7-2-1-6-12(13)10-4-3-5-11(8-10)19(24)25/h1-8,14-18,20-23H,9H2/t14-,15+,16+,17-,18-/m1/s1. The molecule has 4 N–H and O–H groups in total. The van der Waals surface area contributed by atoms with E-state index < -0.39 is 42.2 Å². The van der Waals surface area contributed by atoms with Gasteiger partial charge in [-0.25, -0.2) is 0 Å². The van der Waals surface area contributed by atoms with Crippen LogP contribution in [0.3, 0.4) is 0 Å². The molecule has 0 radical (unpaired) electrons. The lowest BCUT2D eigenvalue weighted by Crippen LogP contribution is -2.60. The van der Waals surface area contributed by atoms with Gasteiger partial charge in [0.05, 0.1) is 11.5 Å². The fourth-order valence-corrected chi connectivity index (χ4v) is 2.88. The van der Waals surface area contributed by atoms with Crippen LogP contribution in [0.25, 0.3) is 11.1 Å². The summed E-state index contributed by atoms with van der Waals surface area (Å²) < 4.78 is 11.0. The van der Waals surface area contributed by atoms with Crippen molar-refractivity contribution >= 4 is 5.69 Å². The molecule has 0 amide bonds. The molecule has 0 unspecified atom stereocenters. The molecule has 144 valence electrons. The second-order valence-electron chi connectivity index (χ2n) is 6.12. The van der Waals surface area contributed by atoms with Crippen molar-refractivity contribution < 1.29 is 34.8 Å². The molecule has 1 fully saturated rings. The number of hydrogen-bond acceptors (Lipinski definition) is 8. The van der Waals surface area contributed by atoms with Gasteiger partial charge in [0.15, 0.2) is 0 Å². The predicted octanol–water partition coefficient (Wildman–Crippen LogP) is 0.440. The van der Waals surface area contributed by atoms with Crippen LogP contribution in [0.15, 0.2) is 48.5 Å². The van der Waals surface area contributed by atoms with E-state index in [2.05, 4.69) is 0 Å². The summed E-state index contributed by atoms with van der Waals surface area (Å²) in [5, 5.41) is 50.1. The Hall–Kier alpha value is -2.56. The van der Waals surface area contributed by atoms with Gasteiger partial charge in [0.1, 0.15) is 30.2 Å². The van der Waals surface area contributed by atoms with Crippen molar-refractivity contribution in [1.29, 1.82) is 0 Å². The monoisotopic (exact) mass is 377 g/mol. The van der Waals surface area contributed by atoms with Gasteiger partial charge in [-0.05, 0) is 11.6 Å². The maximum atomic E-state index is 11.0. The van der Waals surface area contributed by atoms with Gasteiger partial charge in [-0.1, -0.05) is 30.3 Å². The number of rotatable bonds is 5. The zero-order valence-corrected chi connectivity index (χ0v) is 14.1. The third kappa shape index (κ3) is 3.92. The highest BCUT2D eigenvalue weighted by Gasteiger charge is 2.44. The van der Waals surface area contributed by atoms with Gasteiger partial charge in [-0.2, -0.15) is 0 Å². The summed E-state index contributed by atoms with van der Waals surface area (Å²) in [6.45, 7) is -0.572. The molecule has 3 rings (SSSR count). The van der Waals surface area contributed by atoms with Crippen LogP contribution < -0.4 is 4.74 Å². The van der Waals surface area contributed by atoms with Crippen molar-refractivity contribution in [3.05, 3.63) is 58.6 Å². The van der Waals surface area contributed by atoms with Crippen LogP contribution >= 0.6 is 0 Å². The Balaban J connectivity index is 1.90. The van der Waals surface area contributed by atoms with E-state index in [1.165, 1.54) is 18.2 Å². The summed E-state index contributed by atoms with van der Waals surface area (Å²) in [6.07, 6.45) is -7.05. The van der Waals surface area contributed by atoms with Gasteiger partial charge < -0.3 is 29.9 Å². The SMILES string of the molecule is O=[N+]([O-])c1cccc(-c2ccccc2O[C@@H]2O[C@H](CO)[C@H](O)[C@H](O)[C@H]2O)c1. The second kappa shape index (κ2) is 7.99. The molecular weight excluding hydrogens is 358 g/mol. The lowest BCUT2D eigenvalue weighted by molar-refractivity contribution is -0.384. The average Bonchev–Trinajstić information content (AvgIpc) is 2.69. The number of benzene rings is 2. The van der Waals surface area contributed by atoms with E-state index in [9.17, 15) is 30.5 Å². The van der Waals surface area contributed by atoms with Crippen molar-refractivity contribution in [2.24, 2.45) is 0 Å². The van der Waals surface area contributed by atoms with Gasteiger partial charge in [-0.3, -0.25) is 10.1 Å². The van der Waals surface area contributed by atoms with Crippen molar-refractivity contribution in [3.8, 4) is 16.9 Å². The first-order chi connectivity index (χ1) is 12.9. The summed E-state index contributed by atoms with van der Waals surface area (Å²) in [4.78, 5) is 10.5. The lowest BCUT2D eigenvalue weighted by atomic mass is 9.99. The minimum Gasteiger partial charge on any atom is -0.461 e. The maximum Gasteiger partial charge on any atom is 0.270 e. The van der Waals surface area contributed by atoms with Crippen LogP contribution in [0.4, 0.5) is 5.69 Å². The molecule has 27 heavy (non-hydrogen) atoms. The Kier molecular flexibility index (Phi) is 5.68. The minimum atomic E-state index is -1.56. The van der Waals surface area contributed by atoms with E-state index in [-0.39, 0.29) is 11.4 Å². The molecule has 0 saturated carbocycles. The number of nitro groups is 1. The molecule has 9 nitrogen and oxygen atoms in total. The lowest BCUT2D eigenvalue weighted by Gasteiger charge is -2.39.